The molecule has 28 heavy (non-hydrogen) atoms. The SMILES string of the molecule is COc1cc(N)c(Cl)cc1C(=O)O[C@@H](C)C(=O)Nc1ccc2c(c1)OCCO2. The first-order valence-corrected chi connectivity index (χ1v) is 8.81. The standard InChI is InChI=1S/C19H19ClN2O6/c1-10(28-19(24)12-8-13(20)14(21)9-16(12)25-2)18(23)22-11-3-4-15-17(7-11)27-6-5-26-15/h3-4,7-10H,5-6,21H2,1-2H3,(H,22,23)/t10-/m0/s1. The van der Waals surface area contributed by atoms with E-state index in [0.717, 1.165) is 0 Å². The lowest BCUT2D eigenvalue weighted by atomic mass is 10.2. The summed E-state index contributed by atoms with van der Waals surface area (Å²) in [6.07, 6.45) is -1.07. The summed E-state index contributed by atoms with van der Waals surface area (Å²) in [5, 5.41) is 2.85. The van der Waals surface area contributed by atoms with Gasteiger partial charge in [-0.05, 0) is 25.1 Å². The maximum absolute atomic E-state index is 12.4. The molecule has 1 aliphatic heterocycles. The zero-order valence-electron chi connectivity index (χ0n) is 15.3. The largest absolute Gasteiger partial charge is 0.496 e. The Kier molecular flexibility index (Phi) is 5.79. The van der Waals surface area contributed by atoms with Gasteiger partial charge in [-0.15, -0.1) is 0 Å². The van der Waals surface area contributed by atoms with Gasteiger partial charge in [0.05, 0.1) is 17.8 Å². The molecule has 3 N–H and O–H groups in total. The molecule has 1 atom stereocenters. The summed E-state index contributed by atoms with van der Waals surface area (Å²) in [6.45, 7) is 2.37. The van der Waals surface area contributed by atoms with Crippen LogP contribution >= 0.6 is 11.6 Å². The number of amides is 1. The number of anilines is 2. The minimum Gasteiger partial charge on any atom is -0.496 e. The van der Waals surface area contributed by atoms with E-state index >= 15 is 0 Å². The number of esters is 1. The second-order valence-corrected chi connectivity index (χ2v) is 6.38. The number of carbonyl (C=O) groups is 2. The summed E-state index contributed by atoms with van der Waals surface area (Å²) in [4.78, 5) is 24.8. The Morgan fingerprint density at radius 1 is 1.18 bits per heavy atom. The molecule has 0 radical (unpaired) electrons. The number of hydrogen-bond acceptors (Lipinski definition) is 7. The minimum absolute atomic E-state index is 0.0701. The smallest absolute Gasteiger partial charge is 0.342 e. The van der Waals surface area contributed by atoms with E-state index < -0.39 is 18.0 Å². The number of fused-ring (bicyclic) bond motifs is 1. The number of nitrogens with two attached hydrogens (primary N) is 1. The van der Waals surface area contributed by atoms with Crippen LogP contribution in [0, 0.1) is 0 Å². The zero-order valence-corrected chi connectivity index (χ0v) is 16.0. The molecule has 0 aromatic heterocycles. The van der Waals surface area contributed by atoms with Gasteiger partial charge in [-0.3, -0.25) is 4.79 Å². The van der Waals surface area contributed by atoms with Crippen LogP contribution in [-0.4, -0.2) is 38.3 Å². The van der Waals surface area contributed by atoms with E-state index in [0.29, 0.717) is 30.4 Å². The highest BCUT2D eigenvalue weighted by Gasteiger charge is 2.23. The van der Waals surface area contributed by atoms with Gasteiger partial charge in [0, 0.05) is 17.8 Å². The van der Waals surface area contributed by atoms with E-state index in [9.17, 15) is 9.59 Å². The first-order chi connectivity index (χ1) is 13.4. The normalized spacial score (nSPS) is 13.4. The number of rotatable bonds is 5. The van der Waals surface area contributed by atoms with Crippen molar-refractivity contribution >= 4 is 34.9 Å². The third-order valence-electron chi connectivity index (χ3n) is 4.00. The van der Waals surface area contributed by atoms with Crippen molar-refractivity contribution in [3.05, 3.63) is 40.9 Å². The highest BCUT2D eigenvalue weighted by Crippen LogP contribution is 2.33. The molecule has 148 valence electrons. The van der Waals surface area contributed by atoms with Crippen LogP contribution in [0.15, 0.2) is 30.3 Å². The van der Waals surface area contributed by atoms with Crippen LogP contribution < -0.4 is 25.3 Å². The molecule has 0 spiro atoms. The van der Waals surface area contributed by atoms with Gasteiger partial charge < -0.3 is 30.0 Å². The number of nitrogens with one attached hydrogen (secondary N) is 1. The van der Waals surface area contributed by atoms with Gasteiger partial charge in [-0.1, -0.05) is 11.6 Å². The highest BCUT2D eigenvalue weighted by atomic mass is 35.5. The van der Waals surface area contributed by atoms with Crippen LogP contribution in [0.3, 0.4) is 0 Å². The minimum atomic E-state index is -1.07. The number of hydrogen-bond donors (Lipinski definition) is 2. The molecule has 0 bridgehead atoms. The summed E-state index contributed by atoms with van der Waals surface area (Å²) in [6, 6.07) is 7.76. The van der Waals surface area contributed by atoms with Crippen LogP contribution in [0.4, 0.5) is 11.4 Å². The molecule has 1 aliphatic rings. The number of methoxy groups -OCH3 is 1. The number of ether oxygens (including phenoxy) is 4. The van der Waals surface area contributed by atoms with Crippen LogP contribution in [0.2, 0.25) is 5.02 Å². The van der Waals surface area contributed by atoms with Crippen LogP contribution in [0.1, 0.15) is 17.3 Å². The quantitative estimate of drug-likeness (QED) is 0.580. The first-order valence-electron chi connectivity index (χ1n) is 8.43. The Bertz CT molecular complexity index is 918. The van der Waals surface area contributed by atoms with Crippen molar-refractivity contribution in [3.8, 4) is 17.2 Å². The average Bonchev–Trinajstić information content (AvgIpc) is 2.69. The molecule has 9 heteroatoms. The molecule has 0 aliphatic carbocycles. The van der Waals surface area contributed by atoms with E-state index in [4.69, 9.17) is 36.3 Å². The predicted octanol–water partition coefficient (Wildman–Crippen LogP) is 2.89. The van der Waals surface area contributed by atoms with Gasteiger partial charge in [0.25, 0.3) is 5.91 Å². The van der Waals surface area contributed by atoms with Crippen molar-refractivity contribution < 1.29 is 28.5 Å². The third kappa shape index (κ3) is 4.23. The fourth-order valence-electron chi connectivity index (χ4n) is 2.54. The van der Waals surface area contributed by atoms with Gasteiger partial charge >= 0.3 is 5.97 Å². The van der Waals surface area contributed by atoms with Crippen molar-refractivity contribution in [2.45, 2.75) is 13.0 Å². The topological polar surface area (TPSA) is 109 Å². The van der Waals surface area contributed by atoms with Gasteiger partial charge in [0.1, 0.15) is 24.5 Å². The van der Waals surface area contributed by atoms with Crippen LogP contribution in [0.25, 0.3) is 0 Å². The highest BCUT2D eigenvalue weighted by molar-refractivity contribution is 6.33. The summed E-state index contributed by atoms with van der Waals surface area (Å²) < 4.78 is 21.3. The predicted molar refractivity (Wildman–Crippen MR) is 103 cm³/mol. The fourth-order valence-corrected chi connectivity index (χ4v) is 2.70. The van der Waals surface area contributed by atoms with Crippen molar-refractivity contribution in [3.63, 3.8) is 0 Å². The molecule has 2 aromatic carbocycles. The first kappa shape index (κ1) is 19.6. The molecule has 1 heterocycles. The second kappa shape index (κ2) is 8.26. The van der Waals surface area contributed by atoms with Crippen molar-refractivity contribution in [1.82, 2.24) is 0 Å². The molecule has 0 unspecified atom stereocenters. The number of carbonyl (C=O) groups excluding carboxylic acids is 2. The molecule has 0 saturated heterocycles. The third-order valence-corrected chi connectivity index (χ3v) is 4.33. The Balaban J connectivity index is 1.67. The van der Waals surface area contributed by atoms with Crippen molar-refractivity contribution in [2.75, 3.05) is 31.4 Å². The Hall–Kier alpha value is -3.13. The molecule has 0 saturated carbocycles. The van der Waals surface area contributed by atoms with Crippen molar-refractivity contribution in [1.29, 1.82) is 0 Å². The average molecular weight is 407 g/mol. The second-order valence-electron chi connectivity index (χ2n) is 5.97. The molecule has 1 amide bonds. The van der Waals surface area contributed by atoms with E-state index in [1.165, 1.54) is 26.2 Å². The number of nitrogen functional groups attached to an aromatic ring is 1. The summed E-state index contributed by atoms with van der Waals surface area (Å²) in [5.41, 5.74) is 6.53. The maximum atomic E-state index is 12.4. The number of benzene rings is 2. The van der Waals surface area contributed by atoms with Gasteiger partial charge in [0.2, 0.25) is 0 Å². The molecule has 0 fully saturated rings. The lowest BCUT2D eigenvalue weighted by molar-refractivity contribution is -0.123. The lowest BCUT2D eigenvalue weighted by Gasteiger charge is -2.19. The summed E-state index contributed by atoms with van der Waals surface area (Å²) in [7, 11) is 1.39. The zero-order chi connectivity index (χ0) is 20.3. The van der Waals surface area contributed by atoms with Crippen LogP contribution in [-0.2, 0) is 9.53 Å². The summed E-state index contributed by atoms with van der Waals surface area (Å²) in [5.74, 6) is 0.0754. The van der Waals surface area contributed by atoms with Crippen LogP contribution in [0.5, 0.6) is 17.2 Å². The molecular weight excluding hydrogens is 388 g/mol. The number of halogens is 1. The molecule has 3 rings (SSSR count). The van der Waals surface area contributed by atoms with Gasteiger partial charge in [-0.25, -0.2) is 4.79 Å². The fraction of sp³-hybridized carbons (Fsp3) is 0.263. The molecular formula is C19H19ClN2O6. The Morgan fingerprint density at radius 2 is 1.89 bits per heavy atom. The Labute approximate surface area is 166 Å². The van der Waals surface area contributed by atoms with E-state index in [1.807, 2.05) is 0 Å². The molecule has 2 aromatic rings. The van der Waals surface area contributed by atoms with Crippen molar-refractivity contribution in [2.24, 2.45) is 0 Å². The lowest BCUT2D eigenvalue weighted by Crippen LogP contribution is -2.30. The monoisotopic (exact) mass is 406 g/mol. The maximum Gasteiger partial charge on any atom is 0.342 e. The molecule has 8 nitrogen and oxygen atoms in total. The van der Waals surface area contributed by atoms with Gasteiger partial charge in [0.15, 0.2) is 17.6 Å². The van der Waals surface area contributed by atoms with E-state index in [2.05, 4.69) is 5.32 Å². The van der Waals surface area contributed by atoms with E-state index in [1.54, 1.807) is 18.2 Å². The Morgan fingerprint density at radius 3 is 2.61 bits per heavy atom. The van der Waals surface area contributed by atoms with Gasteiger partial charge in [-0.2, -0.15) is 0 Å². The van der Waals surface area contributed by atoms with E-state index in [-0.39, 0.29) is 22.0 Å². The summed E-state index contributed by atoms with van der Waals surface area (Å²) >= 11 is 5.96.